The fourth-order valence-corrected chi connectivity index (χ4v) is 4.00. The average molecular weight is 453 g/mol. The van der Waals surface area contributed by atoms with Gasteiger partial charge in [-0.2, -0.15) is 0 Å². The molecule has 0 aliphatic carbocycles. The molecule has 1 heterocycles. The van der Waals surface area contributed by atoms with Gasteiger partial charge < -0.3 is 10.6 Å². The van der Waals surface area contributed by atoms with E-state index < -0.39 is 11.8 Å². The molecule has 8 heteroatoms. The molecular weight excluding hydrogens is 435 g/mol. The molecule has 4 aromatic rings. The number of anilines is 2. The van der Waals surface area contributed by atoms with Gasteiger partial charge in [-0.15, -0.1) is 11.8 Å². The van der Waals surface area contributed by atoms with Gasteiger partial charge in [-0.05, 0) is 61.5 Å². The third kappa shape index (κ3) is 5.31. The summed E-state index contributed by atoms with van der Waals surface area (Å²) in [6.45, 7) is 1.97. The number of thioether (sulfide) groups is 1. The van der Waals surface area contributed by atoms with Crippen LogP contribution in [-0.4, -0.2) is 16.0 Å². The molecule has 0 unspecified atom stereocenters. The highest BCUT2D eigenvalue weighted by Gasteiger charge is 2.08. The van der Waals surface area contributed by atoms with Crippen molar-refractivity contribution in [2.24, 2.45) is 0 Å². The Morgan fingerprint density at radius 1 is 0.968 bits per heavy atom. The fourth-order valence-electron chi connectivity index (χ4n) is 2.91. The van der Waals surface area contributed by atoms with Crippen LogP contribution in [0.5, 0.6) is 0 Å². The summed E-state index contributed by atoms with van der Waals surface area (Å²) in [6, 6.07) is 18.9. The molecule has 5 nitrogen and oxygen atoms in total. The smallest absolute Gasteiger partial charge is 0.308 e. The van der Waals surface area contributed by atoms with E-state index in [-0.39, 0.29) is 5.02 Å². The van der Waals surface area contributed by atoms with Crippen molar-refractivity contribution < 1.29 is 9.18 Å². The third-order valence-electron chi connectivity index (χ3n) is 4.51. The zero-order valence-corrected chi connectivity index (χ0v) is 18.1. The second-order valence-corrected chi connectivity index (χ2v) is 8.22. The molecule has 2 N–H and O–H groups in total. The van der Waals surface area contributed by atoms with Crippen LogP contribution in [0.15, 0.2) is 71.6 Å². The quantitative estimate of drug-likeness (QED) is 0.332. The van der Waals surface area contributed by atoms with Gasteiger partial charge in [0.1, 0.15) is 5.82 Å². The Balaban J connectivity index is 1.35. The van der Waals surface area contributed by atoms with E-state index in [1.54, 1.807) is 11.8 Å². The van der Waals surface area contributed by atoms with Gasteiger partial charge in [0.05, 0.1) is 27.4 Å². The molecule has 0 atom stereocenters. The third-order valence-corrected chi connectivity index (χ3v) is 5.82. The SMILES string of the molecule is Cc1nc2ccccc2nc1CSc1ccc(NC(=O)Nc2ccc(F)c(Cl)c2)cc1. The Kier molecular flexibility index (Phi) is 6.34. The summed E-state index contributed by atoms with van der Waals surface area (Å²) >= 11 is 7.38. The standard InChI is InChI=1S/C23H18ClFN4OS/c1-14-22(29-21-5-3-2-4-20(21)26-14)13-31-17-9-6-15(7-10-17)27-23(30)28-16-8-11-19(25)18(24)12-16/h2-12H,13H2,1H3,(H2,27,28,30). The van der Waals surface area contributed by atoms with Crippen LogP contribution in [0.2, 0.25) is 5.02 Å². The largest absolute Gasteiger partial charge is 0.323 e. The predicted octanol–water partition coefficient (Wildman–Crippen LogP) is 6.67. The highest BCUT2D eigenvalue weighted by Crippen LogP contribution is 2.26. The number of nitrogens with zero attached hydrogens (tertiary/aromatic N) is 2. The molecule has 4 rings (SSSR count). The second-order valence-electron chi connectivity index (χ2n) is 6.77. The van der Waals surface area contributed by atoms with Crippen molar-refractivity contribution in [3.05, 3.63) is 89.0 Å². The Hall–Kier alpha value is -3.16. The van der Waals surface area contributed by atoms with Gasteiger partial charge in [0.15, 0.2) is 0 Å². The molecule has 3 aromatic carbocycles. The number of aromatic nitrogens is 2. The zero-order valence-electron chi connectivity index (χ0n) is 16.5. The maximum atomic E-state index is 13.2. The summed E-state index contributed by atoms with van der Waals surface area (Å²) in [5, 5.41) is 5.30. The van der Waals surface area contributed by atoms with Crippen LogP contribution < -0.4 is 10.6 Å². The monoisotopic (exact) mass is 452 g/mol. The molecule has 0 fully saturated rings. The van der Waals surface area contributed by atoms with E-state index in [0.29, 0.717) is 17.1 Å². The first kappa shape index (κ1) is 21.1. The van der Waals surface area contributed by atoms with Gasteiger partial charge in [0.2, 0.25) is 0 Å². The number of urea groups is 1. The topological polar surface area (TPSA) is 66.9 Å². The van der Waals surface area contributed by atoms with Crippen LogP contribution in [0.1, 0.15) is 11.4 Å². The van der Waals surface area contributed by atoms with Crippen LogP contribution in [0.4, 0.5) is 20.6 Å². The summed E-state index contributed by atoms with van der Waals surface area (Å²) in [5.41, 5.74) is 4.69. The lowest BCUT2D eigenvalue weighted by molar-refractivity contribution is 0.262. The van der Waals surface area contributed by atoms with Gasteiger partial charge in [-0.3, -0.25) is 0 Å². The molecule has 0 saturated heterocycles. The minimum atomic E-state index is -0.537. The van der Waals surface area contributed by atoms with E-state index in [0.717, 1.165) is 27.3 Å². The number of hydrogen-bond donors (Lipinski definition) is 2. The van der Waals surface area contributed by atoms with Gasteiger partial charge >= 0.3 is 6.03 Å². The maximum Gasteiger partial charge on any atom is 0.323 e. The van der Waals surface area contributed by atoms with Crippen molar-refractivity contribution in [3.8, 4) is 0 Å². The number of amides is 2. The normalized spacial score (nSPS) is 10.8. The van der Waals surface area contributed by atoms with E-state index >= 15 is 0 Å². The van der Waals surface area contributed by atoms with Crippen LogP contribution in [0.3, 0.4) is 0 Å². The summed E-state index contributed by atoms with van der Waals surface area (Å²) < 4.78 is 13.2. The number of hydrogen-bond acceptors (Lipinski definition) is 4. The number of carbonyl (C=O) groups is 1. The fraction of sp³-hybridized carbons (Fsp3) is 0.0870. The van der Waals surface area contributed by atoms with Crippen LogP contribution in [0, 0.1) is 12.7 Å². The number of para-hydroxylation sites is 2. The van der Waals surface area contributed by atoms with Crippen molar-refractivity contribution >= 4 is 51.8 Å². The van der Waals surface area contributed by atoms with E-state index in [4.69, 9.17) is 16.6 Å². The molecular formula is C23H18ClFN4OS. The number of halogens is 2. The van der Waals surface area contributed by atoms with Crippen molar-refractivity contribution in [3.63, 3.8) is 0 Å². The van der Waals surface area contributed by atoms with Crippen molar-refractivity contribution in [1.29, 1.82) is 0 Å². The molecule has 156 valence electrons. The molecule has 0 spiro atoms. The number of carbonyl (C=O) groups excluding carboxylic acids is 1. The molecule has 0 aliphatic rings. The van der Waals surface area contributed by atoms with Gasteiger partial charge in [-0.25, -0.2) is 19.2 Å². The van der Waals surface area contributed by atoms with Crippen molar-refractivity contribution in [1.82, 2.24) is 9.97 Å². The molecule has 0 bridgehead atoms. The average Bonchev–Trinajstić information content (AvgIpc) is 2.76. The first-order valence-corrected chi connectivity index (χ1v) is 10.8. The van der Waals surface area contributed by atoms with Crippen molar-refractivity contribution in [2.45, 2.75) is 17.6 Å². The highest BCUT2D eigenvalue weighted by molar-refractivity contribution is 7.98. The summed E-state index contributed by atoms with van der Waals surface area (Å²) in [7, 11) is 0. The van der Waals surface area contributed by atoms with E-state index in [2.05, 4.69) is 15.6 Å². The summed E-state index contributed by atoms with van der Waals surface area (Å²) in [6.07, 6.45) is 0. The highest BCUT2D eigenvalue weighted by atomic mass is 35.5. The minimum absolute atomic E-state index is 0.0504. The molecule has 31 heavy (non-hydrogen) atoms. The molecule has 2 amide bonds. The van der Waals surface area contributed by atoms with Gasteiger partial charge in [-0.1, -0.05) is 23.7 Å². The van der Waals surface area contributed by atoms with E-state index in [9.17, 15) is 9.18 Å². The number of aryl methyl sites for hydroxylation is 1. The van der Waals surface area contributed by atoms with E-state index in [1.165, 1.54) is 18.2 Å². The Bertz CT molecular complexity index is 1250. The second kappa shape index (κ2) is 9.32. The number of rotatable bonds is 5. The predicted molar refractivity (Wildman–Crippen MR) is 124 cm³/mol. The van der Waals surface area contributed by atoms with Crippen molar-refractivity contribution in [2.75, 3.05) is 10.6 Å². The Labute approximate surface area is 188 Å². The number of fused-ring (bicyclic) bond motifs is 1. The van der Waals surface area contributed by atoms with Gasteiger partial charge in [0, 0.05) is 22.0 Å². The lowest BCUT2D eigenvalue weighted by Gasteiger charge is -2.09. The first-order chi connectivity index (χ1) is 15.0. The summed E-state index contributed by atoms with van der Waals surface area (Å²) in [5.74, 6) is 0.160. The van der Waals surface area contributed by atoms with Gasteiger partial charge in [0.25, 0.3) is 0 Å². The summed E-state index contributed by atoms with van der Waals surface area (Å²) in [4.78, 5) is 22.5. The minimum Gasteiger partial charge on any atom is -0.308 e. The number of benzene rings is 3. The van der Waals surface area contributed by atoms with E-state index in [1.807, 2.05) is 55.5 Å². The zero-order chi connectivity index (χ0) is 21.8. The van der Waals surface area contributed by atoms with Crippen LogP contribution in [0.25, 0.3) is 11.0 Å². The number of nitrogens with one attached hydrogen (secondary N) is 2. The Morgan fingerprint density at radius 2 is 1.61 bits per heavy atom. The Morgan fingerprint density at radius 3 is 2.32 bits per heavy atom. The van der Waals surface area contributed by atoms with Crippen LogP contribution in [-0.2, 0) is 5.75 Å². The molecule has 0 radical (unpaired) electrons. The lowest BCUT2D eigenvalue weighted by atomic mass is 10.2. The first-order valence-electron chi connectivity index (χ1n) is 9.46. The molecule has 1 aromatic heterocycles. The van der Waals surface area contributed by atoms with Crippen LogP contribution >= 0.6 is 23.4 Å². The maximum absolute atomic E-state index is 13.2. The lowest BCUT2D eigenvalue weighted by Crippen LogP contribution is -2.19. The molecule has 0 saturated carbocycles. The molecule has 0 aliphatic heterocycles.